The second-order valence-corrected chi connectivity index (χ2v) is 7.98. The van der Waals surface area contributed by atoms with Gasteiger partial charge in [-0.25, -0.2) is 0 Å². The highest BCUT2D eigenvalue weighted by atomic mass is 32.1. The van der Waals surface area contributed by atoms with Crippen LogP contribution in [0.2, 0.25) is 0 Å². The fraction of sp³-hybridized carbons (Fsp3) is 0.471. The minimum absolute atomic E-state index is 0.105. The Bertz CT molecular complexity index is 736. The van der Waals surface area contributed by atoms with E-state index in [1.165, 1.54) is 19.3 Å². The second-order valence-electron chi connectivity index (χ2n) is 6.90. The molecular formula is C17H18N2OS. The van der Waals surface area contributed by atoms with Crippen LogP contribution in [0.15, 0.2) is 24.3 Å². The molecule has 0 radical (unpaired) electrons. The van der Waals surface area contributed by atoms with E-state index in [1.807, 2.05) is 24.3 Å². The Kier molecular flexibility index (Phi) is 2.30. The van der Waals surface area contributed by atoms with Gasteiger partial charge in [-0.15, -0.1) is 11.3 Å². The Morgan fingerprint density at radius 2 is 1.95 bits per heavy atom. The number of amides is 1. The number of nitrogens with two attached hydrogens (primary N) is 1. The van der Waals surface area contributed by atoms with Gasteiger partial charge in [-0.3, -0.25) is 4.79 Å². The topological polar surface area (TPSA) is 55.1 Å². The van der Waals surface area contributed by atoms with Gasteiger partial charge >= 0.3 is 0 Å². The van der Waals surface area contributed by atoms with E-state index in [0.29, 0.717) is 6.04 Å². The maximum atomic E-state index is 12.5. The first-order chi connectivity index (χ1) is 10.2. The summed E-state index contributed by atoms with van der Waals surface area (Å²) in [6.45, 7) is 0. The number of nitrogens with one attached hydrogen (secondary N) is 1. The molecule has 3 fully saturated rings. The van der Waals surface area contributed by atoms with Crippen molar-refractivity contribution >= 4 is 33.0 Å². The van der Waals surface area contributed by atoms with Crippen LogP contribution in [-0.4, -0.2) is 11.9 Å². The second kappa shape index (κ2) is 4.01. The summed E-state index contributed by atoms with van der Waals surface area (Å²) in [5.74, 6) is 3.48. The zero-order valence-electron chi connectivity index (χ0n) is 11.7. The first-order valence-corrected chi connectivity index (χ1v) is 8.62. The Morgan fingerprint density at radius 1 is 1.19 bits per heavy atom. The first-order valence-electron chi connectivity index (χ1n) is 7.80. The number of nitrogen functional groups attached to an aromatic ring is 1. The summed E-state index contributed by atoms with van der Waals surface area (Å²) >= 11 is 1.56. The smallest absolute Gasteiger partial charge is 0.261 e. The number of hydrogen-bond donors (Lipinski definition) is 2. The monoisotopic (exact) mass is 298 g/mol. The molecule has 3 nitrogen and oxygen atoms in total. The summed E-state index contributed by atoms with van der Waals surface area (Å²) in [4.78, 5) is 13.3. The lowest BCUT2D eigenvalue weighted by atomic mass is 10.0. The average Bonchev–Trinajstić information content (AvgIpc) is 2.88. The molecule has 4 unspecified atom stereocenters. The van der Waals surface area contributed by atoms with Gasteiger partial charge in [-0.2, -0.15) is 0 Å². The zero-order chi connectivity index (χ0) is 14.1. The summed E-state index contributed by atoms with van der Waals surface area (Å²) < 4.78 is 1.13. The van der Waals surface area contributed by atoms with Crippen molar-refractivity contribution < 1.29 is 4.79 Å². The lowest BCUT2D eigenvalue weighted by molar-refractivity contribution is 0.0948. The highest BCUT2D eigenvalue weighted by Gasteiger charge is 2.65. The van der Waals surface area contributed by atoms with Crippen LogP contribution in [0, 0.1) is 23.7 Å². The molecule has 4 heteroatoms. The van der Waals surface area contributed by atoms with E-state index in [2.05, 4.69) is 5.32 Å². The van der Waals surface area contributed by atoms with Gasteiger partial charge in [-0.05, 0) is 72.6 Å². The summed E-state index contributed by atoms with van der Waals surface area (Å²) in [6.07, 6.45) is 4.20. The van der Waals surface area contributed by atoms with Gasteiger partial charge < -0.3 is 11.1 Å². The lowest BCUT2D eigenvalue weighted by Gasteiger charge is -2.09. The molecule has 2 bridgehead atoms. The van der Waals surface area contributed by atoms with E-state index in [1.54, 1.807) is 11.3 Å². The quantitative estimate of drug-likeness (QED) is 0.836. The number of carbonyl (C=O) groups excluding carboxylic acids is 1. The first kappa shape index (κ1) is 12.0. The van der Waals surface area contributed by atoms with E-state index < -0.39 is 0 Å². The van der Waals surface area contributed by atoms with E-state index in [9.17, 15) is 4.79 Å². The zero-order valence-corrected chi connectivity index (χ0v) is 12.5. The molecule has 0 spiro atoms. The molecule has 1 heterocycles. The summed E-state index contributed by atoms with van der Waals surface area (Å²) in [5, 5.41) is 4.36. The molecule has 3 aliphatic carbocycles. The van der Waals surface area contributed by atoms with Crippen molar-refractivity contribution in [3.63, 3.8) is 0 Å². The Morgan fingerprint density at radius 3 is 2.71 bits per heavy atom. The third-order valence-corrected chi connectivity index (χ3v) is 6.91. The largest absolute Gasteiger partial charge is 0.399 e. The predicted molar refractivity (Wildman–Crippen MR) is 85.3 cm³/mol. The minimum Gasteiger partial charge on any atom is -0.399 e. The number of carbonyl (C=O) groups is 1. The van der Waals surface area contributed by atoms with Crippen LogP contribution in [0.25, 0.3) is 10.1 Å². The molecule has 0 saturated heterocycles. The van der Waals surface area contributed by atoms with Crippen LogP contribution in [-0.2, 0) is 0 Å². The van der Waals surface area contributed by atoms with Crippen LogP contribution < -0.4 is 11.1 Å². The van der Waals surface area contributed by atoms with E-state index in [4.69, 9.17) is 5.73 Å². The standard InChI is InChI=1S/C17H18N2OS/c18-11-3-4-12-10(6-11)7-13(21-12)17(20)19-16-14-8-1-2-9(5-8)15(14)16/h3-4,6-9,14-16H,1-2,5,18H2,(H,19,20). The van der Waals surface area contributed by atoms with Crippen LogP contribution in [0.1, 0.15) is 28.9 Å². The molecule has 1 aromatic carbocycles. The third-order valence-electron chi connectivity index (χ3n) is 5.80. The van der Waals surface area contributed by atoms with Crippen molar-refractivity contribution in [2.24, 2.45) is 23.7 Å². The van der Waals surface area contributed by atoms with Gasteiger partial charge in [-0.1, -0.05) is 0 Å². The van der Waals surface area contributed by atoms with Crippen LogP contribution in [0.4, 0.5) is 5.69 Å². The van der Waals surface area contributed by atoms with E-state index >= 15 is 0 Å². The molecule has 3 saturated carbocycles. The molecule has 1 amide bonds. The highest BCUT2D eigenvalue weighted by molar-refractivity contribution is 7.20. The highest BCUT2D eigenvalue weighted by Crippen LogP contribution is 2.65. The fourth-order valence-corrected chi connectivity index (χ4v) is 5.86. The van der Waals surface area contributed by atoms with Gasteiger partial charge in [0.1, 0.15) is 0 Å². The Balaban J connectivity index is 1.36. The maximum absolute atomic E-state index is 12.5. The summed E-state index contributed by atoms with van der Waals surface area (Å²) in [7, 11) is 0. The Hall–Kier alpha value is -1.55. The molecule has 0 aliphatic heterocycles. The maximum Gasteiger partial charge on any atom is 0.261 e. The molecule has 3 N–H and O–H groups in total. The molecule has 4 atom stereocenters. The fourth-order valence-electron chi connectivity index (χ4n) is 4.91. The van der Waals surface area contributed by atoms with E-state index in [-0.39, 0.29) is 5.91 Å². The van der Waals surface area contributed by atoms with Gasteiger partial charge in [0.15, 0.2) is 0 Å². The normalized spacial score (nSPS) is 35.9. The predicted octanol–water partition coefficient (Wildman–Crippen LogP) is 3.26. The Labute approximate surface area is 127 Å². The number of thiophene rings is 1. The molecule has 2 aromatic rings. The molecule has 3 aliphatic rings. The van der Waals surface area contributed by atoms with E-state index in [0.717, 1.165) is 44.3 Å². The van der Waals surface area contributed by atoms with Crippen LogP contribution in [0.3, 0.4) is 0 Å². The van der Waals surface area contributed by atoms with Gasteiger partial charge in [0.25, 0.3) is 5.91 Å². The number of hydrogen-bond acceptors (Lipinski definition) is 3. The number of benzene rings is 1. The third kappa shape index (κ3) is 1.68. The van der Waals surface area contributed by atoms with Crippen LogP contribution in [0.5, 0.6) is 0 Å². The van der Waals surface area contributed by atoms with Crippen molar-refractivity contribution in [1.82, 2.24) is 5.32 Å². The molecule has 21 heavy (non-hydrogen) atoms. The van der Waals surface area contributed by atoms with Crippen molar-refractivity contribution in [3.05, 3.63) is 29.1 Å². The lowest BCUT2D eigenvalue weighted by Crippen LogP contribution is -2.29. The molecular weight excluding hydrogens is 280 g/mol. The van der Waals surface area contributed by atoms with Gasteiger partial charge in [0.05, 0.1) is 4.88 Å². The van der Waals surface area contributed by atoms with Crippen molar-refractivity contribution in [1.29, 1.82) is 0 Å². The number of rotatable bonds is 2. The number of anilines is 1. The minimum atomic E-state index is 0.105. The average molecular weight is 298 g/mol. The van der Waals surface area contributed by atoms with Crippen molar-refractivity contribution in [2.75, 3.05) is 5.73 Å². The SMILES string of the molecule is Nc1ccc2sc(C(=O)NC3C4C5CCC(C5)C34)cc2c1. The molecule has 5 rings (SSSR count). The number of fused-ring (bicyclic) bond motifs is 6. The van der Waals surface area contributed by atoms with Gasteiger partial charge in [0, 0.05) is 16.4 Å². The van der Waals surface area contributed by atoms with Crippen molar-refractivity contribution in [2.45, 2.75) is 25.3 Å². The summed E-state index contributed by atoms with van der Waals surface area (Å²) in [5.41, 5.74) is 6.55. The molecule has 1 aromatic heterocycles. The molecule has 108 valence electrons. The van der Waals surface area contributed by atoms with Gasteiger partial charge in [0.2, 0.25) is 0 Å². The summed E-state index contributed by atoms with van der Waals surface area (Å²) in [6, 6.07) is 8.26. The van der Waals surface area contributed by atoms with Crippen LogP contribution >= 0.6 is 11.3 Å². The van der Waals surface area contributed by atoms with Crippen molar-refractivity contribution in [3.8, 4) is 0 Å².